The maximum atomic E-state index is 12.5. The monoisotopic (exact) mass is 378 g/mol. The maximum absolute atomic E-state index is 12.5. The number of aryl methyl sites for hydroxylation is 1. The van der Waals surface area contributed by atoms with Crippen molar-refractivity contribution in [1.29, 1.82) is 0 Å². The van der Waals surface area contributed by atoms with E-state index in [0.29, 0.717) is 12.2 Å². The average molecular weight is 378 g/mol. The first kappa shape index (κ1) is 18.2. The average Bonchev–Trinajstić information content (AvgIpc) is 2.93. The molecule has 1 aliphatic rings. The Morgan fingerprint density at radius 3 is 2.57 bits per heavy atom. The van der Waals surface area contributed by atoms with Gasteiger partial charge in [-0.1, -0.05) is 30.3 Å². The molecule has 3 N–H and O–H groups in total. The van der Waals surface area contributed by atoms with Gasteiger partial charge in [-0.25, -0.2) is 14.5 Å². The predicted octanol–water partition coefficient (Wildman–Crippen LogP) is 1.93. The molecule has 0 spiro atoms. The van der Waals surface area contributed by atoms with E-state index in [9.17, 15) is 9.59 Å². The lowest BCUT2D eigenvalue weighted by Gasteiger charge is -2.11. The molecule has 1 aromatic heterocycles. The lowest BCUT2D eigenvalue weighted by molar-refractivity contribution is -0.136. The molecule has 2 heterocycles. The quantitative estimate of drug-likeness (QED) is 0.630. The predicted molar refractivity (Wildman–Crippen MR) is 106 cm³/mol. The molecule has 2 aromatic carbocycles. The summed E-state index contributed by atoms with van der Waals surface area (Å²) in [5.41, 5.74) is 4.82. The SMILES string of the molecule is O=C(O)CCc1ccc(-c2n[nH]c(=O)n2-c2ccc3c(c2)CCNCC3)cc1. The number of benzene rings is 2. The van der Waals surface area contributed by atoms with Crippen molar-refractivity contribution in [3.63, 3.8) is 0 Å². The molecular formula is C21H22N4O3. The summed E-state index contributed by atoms with van der Waals surface area (Å²) >= 11 is 0. The van der Waals surface area contributed by atoms with Gasteiger partial charge in [-0.2, -0.15) is 5.10 Å². The van der Waals surface area contributed by atoms with Crippen LogP contribution in [0, 0.1) is 0 Å². The minimum Gasteiger partial charge on any atom is -0.481 e. The highest BCUT2D eigenvalue weighted by atomic mass is 16.4. The van der Waals surface area contributed by atoms with E-state index in [-0.39, 0.29) is 12.1 Å². The highest BCUT2D eigenvalue weighted by molar-refractivity contribution is 5.67. The van der Waals surface area contributed by atoms with Crippen molar-refractivity contribution in [3.8, 4) is 17.1 Å². The van der Waals surface area contributed by atoms with Gasteiger partial charge >= 0.3 is 11.7 Å². The number of aliphatic carboxylic acids is 1. The molecule has 7 heteroatoms. The molecule has 7 nitrogen and oxygen atoms in total. The minimum absolute atomic E-state index is 0.0937. The van der Waals surface area contributed by atoms with Crippen molar-refractivity contribution in [1.82, 2.24) is 20.1 Å². The fourth-order valence-corrected chi connectivity index (χ4v) is 3.60. The lowest BCUT2D eigenvalue weighted by Crippen LogP contribution is -2.16. The van der Waals surface area contributed by atoms with Gasteiger partial charge in [0, 0.05) is 12.0 Å². The molecule has 3 aromatic rings. The lowest BCUT2D eigenvalue weighted by atomic mass is 10.0. The van der Waals surface area contributed by atoms with Crippen LogP contribution in [0.2, 0.25) is 0 Å². The number of hydrogen-bond acceptors (Lipinski definition) is 4. The molecule has 4 rings (SSSR count). The molecule has 0 bridgehead atoms. The second-order valence-electron chi connectivity index (χ2n) is 6.98. The van der Waals surface area contributed by atoms with Gasteiger partial charge in [-0.15, -0.1) is 0 Å². The summed E-state index contributed by atoms with van der Waals surface area (Å²) in [6.45, 7) is 1.90. The third-order valence-electron chi connectivity index (χ3n) is 5.10. The number of nitrogens with one attached hydrogen (secondary N) is 2. The van der Waals surface area contributed by atoms with Crippen molar-refractivity contribution in [2.24, 2.45) is 0 Å². The van der Waals surface area contributed by atoms with Crippen molar-refractivity contribution >= 4 is 5.97 Å². The first-order chi connectivity index (χ1) is 13.6. The molecule has 0 aliphatic carbocycles. The molecule has 0 saturated heterocycles. The van der Waals surface area contributed by atoms with Gasteiger partial charge in [0.25, 0.3) is 0 Å². The fraction of sp³-hybridized carbons (Fsp3) is 0.286. The zero-order chi connectivity index (χ0) is 19.5. The molecule has 144 valence electrons. The van der Waals surface area contributed by atoms with E-state index < -0.39 is 5.97 Å². The topological polar surface area (TPSA) is 100 Å². The second-order valence-corrected chi connectivity index (χ2v) is 6.98. The highest BCUT2D eigenvalue weighted by Crippen LogP contribution is 2.23. The number of H-pyrrole nitrogens is 1. The van der Waals surface area contributed by atoms with Crippen molar-refractivity contribution in [2.45, 2.75) is 25.7 Å². The van der Waals surface area contributed by atoms with Gasteiger partial charge in [-0.3, -0.25) is 4.79 Å². The smallest absolute Gasteiger partial charge is 0.348 e. The maximum Gasteiger partial charge on any atom is 0.348 e. The summed E-state index contributed by atoms with van der Waals surface area (Å²) in [6.07, 6.45) is 2.49. The van der Waals surface area contributed by atoms with Crippen LogP contribution in [0.4, 0.5) is 0 Å². The van der Waals surface area contributed by atoms with E-state index in [1.807, 2.05) is 30.3 Å². The standard InChI is InChI=1S/C21H22N4O3/c26-19(27)8-3-14-1-4-16(5-2-14)20-23-24-21(28)25(20)18-7-6-15-9-11-22-12-10-17(15)13-18/h1-2,4-7,13,22H,3,8-12H2,(H,24,28)(H,26,27). The summed E-state index contributed by atoms with van der Waals surface area (Å²) < 4.78 is 1.59. The Labute approximate surface area is 162 Å². The molecule has 0 atom stereocenters. The number of rotatable bonds is 5. The van der Waals surface area contributed by atoms with Crippen LogP contribution in [-0.2, 0) is 24.1 Å². The van der Waals surface area contributed by atoms with E-state index in [4.69, 9.17) is 5.11 Å². The number of nitrogens with zero attached hydrogens (tertiary/aromatic N) is 2. The number of fused-ring (bicyclic) bond motifs is 1. The molecule has 0 unspecified atom stereocenters. The van der Waals surface area contributed by atoms with E-state index in [1.54, 1.807) is 4.57 Å². The van der Waals surface area contributed by atoms with Gasteiger partial charge in [0.2, 0.25) is 0 Å². The van der Waals surface area contributed by atoms with Crippen LogP contribution in [-0.4, -0.2) is 38.9 Å². The summed E-state index contributed by atoms with van der Waals surface area (Å²) in [5, 5.41) is 19.0. The Hall–Kier alpha value is -3.19. The summed E-state index contributed by atoms with van der Waals surface area (Å²) in [5.74, 6) is -0.273. The van der Waals surface area contributed by atoms with E-state index in [1.165, 1.54) is 11.1 Å². The van der Waals surface area contributed by atoms with E-state index >= 15 is 0 Å². The zero-order valence-corrected chi connectivity index (χ0v) is 15.4. The molecule has 28 heavy (non-hydrogen) atoms. The van der Waals surface area contributed by atoms with Gasteiger partial charge in [0.1, 0.15) is 0 Å². The number of aromatic nitrogens is 3. The number of hydrogen-bond donors (Lipinski definition) is 3. The van der Waals surface area contributed by atoms with E-state index in [0.717, 1.165) is 42.7 Å². The molecule has 0 fully saturated rings. The number of carboxylic acids is 1. The van der Waals surface area contributed by atoms with Crippen LogP contribution in [0.25, 0.3) is 17.1 Å². The second kappa shape index (κ2) is 7.82. The zero-order valence-electron chi connectivity index (χ0n) is 15.4. The largest absolute Gasteiger partial charge is 0.481 e. The molecule has 0 radical (unpaired) electrons. The van der Waals surface area contributed by atoms with Gasteiger partial charge in [0.05, 0.1) is 5.69 Å². The van der Waals surface area contributed by atoms with Crippen molar-refractivity contribution in [3.05, 3.63) is 69.6 Å². The Balaban J connectivity index is 1.68. The Morgan fingerprint density at radius 2 is 1.82 bits per heavy atom. The highest BCUT2D eigenvalue weighted by Gasteiger charge is 2.15. The molecule has 0 amide bonds. The Kier molecular flexibility index (Phi) is 5.08. The molecule has 0 saturated carbocycles. The molecule has 1 aliphatic heterocycles. The summed E-state index contributed by atoms with van der Waals surface area (Å²) in [4.78, 5) is 23.2. The Bertz CT molecular complexity index is 1050. The number of carbonyl (C=O) groups is 1. The first-order valence-corrected chi connectivity index (χ1v) is 9.43. The number of aromatic amines is 1. The van der Waals surface area contributed by atoms with Crippen molar-refractivity contribution < 1.29 is 9.90 Å². The van der Waals surface area contributed by atoms with Crippen LogP contribution in [0.1, 0.15) is 23.1 Å². The Morgan fingerprint density at radius 1 is 1.07 bits per heavy atom. The van der Waals surface area contributed by atoms with Gasteiger partial charge in [-0.05, 0) is 61.2 Å². The van der Waals surface area contributed by atoms with Crippen LogP contribution >= 0.6 is 0 Å². The van der Waals surface area contributed by atoms with E-state index in [2.05, 4.69) is 27.6 Å². The van der Waals surface area contributed by atoms with Gasteiger partial charge < -0.3 is 10.4 Å². The third-order valence-corrected chi connectivity index (χ3v) is 5.10. The first-order valence-electron chi connectivity index (χ1n) is 9.43. The van der Waals surface area contributed by atoms with Gasteiger partial charge in [0.15, 0.2) is 5.82 Å². The molecular weight excluding hydrogens is 356 g/mol. The van der Waals surface area contributed by atoms with Crippen LogP contribution in [0.3, 0.4) is 0 Å². The van der Waals surface area contributed by atoms with Crippen LogP contribution < -0.4 is 11.0 Å². The van der Waals surface area contributed by atoms with Crippen LogP contribution in [0.5, 0.6) is 0 Å². The summed E-state index contributed by atoms with van der Waals surface area (Å²) in [6, 6.07) is 13.6. The summed E-state index contributed by atoms with van der Waals surface area (Å²) in [7, 11) is 0. The normalized spacial score (nSPS) is 13.7. The minimum atomic E-state index is -0.816. The third kappa shape index (κ3) is 3.75. The number of carboxylic acid groups (broad SMARTS) is 1. The van der Waals surface area contributed by atoms with Crippen LogP contribution in [0.15, 0.2) is 47.3 Å². The van der Waals surface area contributed by atoms with Crippen molar-refractivity contribution in [2.75, 3.05) is 13.1 Å². The fourth-order valence-electron chi connectivity index (χ4n) is 3.60.